The monoisotopic (exact) mass is 437 g/mol. The summed E-state index contributed by atoms with van der Waals surface area (Å²) in [7, 11) is 3.18. The van der Waals surface area contributed by atoms with Crippen molar-refractivity contribution in [3.8, 4) is 11.5 Å². The quantitative estimate of drug-likeness (QED) is 0.667. The first-order valence-corrected chi connectivity index (χ1v) is 11.2. The Morgan fingerprint density at radius 2 is 1.72 bits per heavy atom. The lowest BCUT2D eigenvalue weighted by Crippen LogP contribution is -2.49. The molecule has 0 aliphatic carbocycles. The Hall–Kier alpha value is -3.06. The summed E-state index contributed by atoms with van der Waals surface area (Å²) >= 11 is 0. The molecule has 2 aromatic rings. The van der Waals surface area contributed by atoms with E-state index in [1.165, 1.54) is 0 Å². The van der Waals surface area contributed by atoms with Crippen LogP contribution in [-0.2, 0) is 11.3 Å². The third-order valence-corrected chi connectivity index (χ3v) is 6.56. The van der Waals surface area contributed by atoms with Crippen LogP contribution in [0.2, 0.25) is 0 Å². The van der Waals surface area contributed by atoms with Crippen molar-refractivity contribution in [2.45, 2.75) is 25.9 Å². The molecule has 7 nitrogen and oxygen atoms in total. The second-order valence-corrected chi connectivity index (χ2v) is 8.24. The van der Waals surface area contributed by atoms with Gasteiger partial charge in [0.05, 0.1) is 26.7 Å². The summed E-state index contributed by atoms with van der Waals surface area (Å²) < 4.78 is 10.9. The number of ether oxygens (including phenoxy) is 2. The molecular weight excluding hydrogens is 406 g/mol. The molecule has 2 aromatic carbocycles. The number of fused-ring (bicyclic) bond motifs is 1. The summed E-state index contributed by atoms with van der Waals surface area (Å²) in [6.07, 6.45) is 0.237. The van der Waals surface area contributed by atoms with Crippen LogP contribution >= 0.6 is 0 Å². The fraction of sp³-hybridized carbons (Fsp3) is 0.440. The Balaban J connectivity index is 1.62. The average Bonchev–Trinajstić information content (AvgIpc) is 3.18. The number of nitrogens with zero attached hydrogens (tertiary/aromatic N) is 3. The number of rotatable bonds is 7. The first kappa shape index (κ1) is 22.1. The van der Waals surface area contributed by atoms with Gasteiger partial charge in [-0.2, -0.15) is 0 Å². The predicted octanol–water partition coefficient (Wildman–Crippen LogP) is 2.96. The molecular formula is C25H31N3O4. The Labute approximate surface area is 189 Å². The van der Waals surface area contributed by atoms with Gasteiger partial charge in [0, 0.05) is 38.3 Å². The number of piperazine rings is 1. The van der Waals surface area contributed by atoms with Crippen LogP contribution < -0.4 is 9.47 Å². The molecule has 7 heteroatoms. The SMILES string of the molecule is CCN1CCN(C(=O)C[C@@H](c2ccc(OC)c(OC)c2)N2Cc3ccccc3C2=O)CC1. The van der Waals surface area contributed by atoms with Gasteiger partial charge in [-0.3, -0.25) is 9.59 Å². The van der Waals surface area contributed by atoms with E-state index in [1.807, 2.05) is 52.3 Å². The molecule has 0 radical (unpaired) electrons. The first-order valence-electron chi connectivity index (χ1n) is 11.2. The van der Waals surface area contributed by atoms with E-state index in [0.717, 1.165) is 43.9 Å². The molecule has 2 aliphatic rings. The summed E-state index contributed by atoms with van der Waals surface area (Å²) in [6, 6.07) is 12.9. The van der Waals surface area contributed by atoms with E-state index in [2.05, 4.69) is 11.8 Å². The van der Waals surface area contributed by atoms with E-state index in [0.29, 0.717) is 23.6 Å². The Morgan fingerprint density at radius 1 is 1.00 bits per heavy atom. The van der Waals surface area contributed by atoms with Gasteiger partial charge in [-0.05, 0) is 35.9 Å². The first-order chi connectivity index (χ1) is 15.5. The molecule has 170 valence electrons. The minimum atomic E-state index is -0.383. The van der Waals surface area contributed by atoms with Crippen LogP contribution in [0.4, 0.5) is 0 Å². The second kappa shape index (κ2) is 9.61. The Morgan fingerprint density at radius 3 is 2.38 bits per heavy atom. The van der Waals surface area contributed by atoms with Crippen LogP contribution in [0, 0.1) is 0 Å². The molecule has 0 N–H and O–H groups in total. The lowest BCUT2D eigenvalue weighted by molar-refractivity contribution is -0.134. The third-order valence-electron chi connectivity index (χ3n) is 6.56. The standard InChI is InChI=1S/C25H31N3O4/c1-4-26-11-13-27(14-12-26)24(29)16-21(18-9-10-22(31-2)23(15-18)32-3)28-17-19-7-5-6-8-20(19)25(28)30/h5-10,15,21H,4,11-14,16-17H2,1-3H3/t21-/m0/s1. The maximum Gasteiger partial charge on any atom is 0.255 e. The summed E-state index contributed by atoms with van der Waals surface area (Å²) in [5, 5.41) is 0. The van der Waals surface area contributed by atoms with Gasteiger partial charge in [-0.15, -0.1) is 0 Å². The Bertz CT molecular complexity index is 985. The zero-order valence-corrected chi connectivity index (χ0v) is 19.0. The van der Waals surface area contributed by atoms with Crippen molar-refractivity contribution in [1.82, 2.24) is 14.7 Å². The fourth-order valence-corrected chi connectivity index (χ4v) is 4.60. The van der Waals surface area contributed by atoms with Crippen LogP contribution in [0.3, 0.4) is 0 Å². The minimum Gasteiger partial charge on any atom is -0.493 e. The highest BCUT2D eigenvalue weighted by Crippen LogP contribution is 2.37. The van der Waals surface area contributed by atoms with Gasteiger partial charge in [-0.1, -0.05) is 31.2 Å². The van der Waals surface area contributed by atoms with Gasteiger partial charge in [-0.25, -0.2) is 0 Å². The summed E-state index contributed by atoms with van der Waals surface area (Å²) in [5.41, 5.74) is 2.57. The molecule has 2 amide bonds. The topological polar surface area (TPSA) is 62.3 Å². The molecule has 0 saturated carbocycles. The molecule has 0 unspecified atom stereocenters. The van der Waals surface area contributed by atoms with Crippen LogP contribution in [0.1, 0.15) is 40.9 Å². The number of benzene rings is 2. The maximum absolute atomic E-state index is 13.3. The third kappa shape index (κ3) is 4.30. The second-order valence-electron chi connectivity index (χ2n) is 8.24. The fourth-order valence-electron chi connectivity index (χ4n) is 4.60. The smallest absolute Gasteiger partial charge is 0.255 e. The van der Waals surface area contributed by atoms with E-state index in [4.69, 9.17) is 9.47 Å². The molecule has 4 rings (SSSR count). The van der Waals surface area contributed by atoms with Crippen molar-refractivity contribution in [1.29, 1.82) is 0 Å². The predicted molar refractivity (Wildman–Crippen MR) is 122 cm³/mol. The molecule has 0 bridgehead atoms. The van der Waals surface area contributed by atoms with Crippen LogP contribution in [-0.4, -0.2) is 73.5 Å². The van der Waals surface area contributed by atoms with E-state index < -0.39 is 0 Å². The van der Waals surface area contributed by atoms with Crippen LogP contribution in [0.25, 0.3) is 0 Å². The minimum absolute atomic E-state index is 0.0380. The molecule has 2 aliphatic heterocycles. The van der Waals surface area contributed by atoms with Crippen molar-refractivity contribution in [3.63, 3.8) is 0 Å². The highest BCUT2D eigenvalue weighted by Gasteiger charge is 2.36. The zero-order valence-electron chi connectivity index (χ0n) is 19.0. The van der Waals surface area contributed by atoms with Gasteiger partial charge in [0.2, 0.25) is 5.91 Å². The zero-order chi connectivity index (χ0) is 22.7. The van der Waals surface area contributed by atoms with Crippen molar-refractivity contribution in [3.05, 3.63) is 59.2 Å². The summed E-state index contributed by atoms with van der Waals surface area (Å²) in [4.78, 5) is 32.7. The lowest BCUT2D eigenvalue weighted by Gasteiger charge is -2.36. The van der Waals surface area contributed by atoms with Crippen LogP contribution in [0.15, 0.2) is 42.5 Å². The number of carbonyl (C=O) groups excluding carboxylic acids is 2. The molecule has 2 heterocycles. The van der Waals surface area contributed by atoms with Gasteiger partial charge >= 0.3 is 0 Å². The molecule has 32 heavy (non-hydrogen) atoms. The number of likely N-dealkylation sites (N-methyl/N-ethyl adjacent to an activating group) is 1. The number of methoxy groups -OCH3 is 2. The van der Waals surface area contributed by atoms with Crippen LogP contribution in [0.5, 0.6) is 11.5 Å². The molecule has 1 fully saturated rings. The van der Waals surface area contributed by atoms with Crippen molar-refractivity contribution < 1.29 is 19.1 Å². The molecule has 0 aromatic heterocycles. The van der Waals surface area contributed by atoms with Gasteiger partial charge in [0.15, 0.2) is 11.5 Å². The van der Waals surface area contributed by atoms with Crippen molar-refractivity contribution in [2.24, 2.45) is 0 Å². The largest absolute Gasteiger partial charge is 0.493 e. The van der Waals surface area contributed by atoms with E-state index in [-0.39, 0.29) is 24.3 Å². The van der Waals surface area contributed by atoms with E-state index >= 15 is 0 Å². The highest BCUT2D eigenvalue weighted by atomic mass is 16.5. The summed E-state index contributed by atoms with van der Waals surface area (Å²) in [5.74, 6) is 1.24. The van der Waals surface area contributed by atoms with E-state index in [9.17, 15) is 9.59 Å². The molecule has 1 atom stereocenters. The normalized spacial score (nSPS) is 17.3. The molecule has 1 saturated heterocycles. The van der Waals surface area contributed by atoms with Gasteiger partial charge in [0.25, 0.3) is 5.91 Å². The van der Waals surface area contributed by atoms with Gasteiger partial charge < -0.3 is 24.2 Å². The van der Waals surface area contributed by atoms with Gasteiger partial charge in [0.1, 0.15) is 0 Å². The number of hydrogen-bond acceptors (Lipinski definition) is 5. The maximum atomic E-state index is 13.3. The lowest BCUT2D eigenvalue weighted by atomic mass is 10.00. The summed E-state index contributed by atoms with van der Waals surface area (Å²) in [6.45, 7) is 6.84. The number of carbonyl (C=O) groups is 2. The highest BCUT2D eigenvalue weighted by molar-refractivity contribution is 5.98. The van der Waals surface area contributed by atoms with E-state index in [1.54, 1.807) is 14.2 Å². The molecule has 0 spiro atoms. The Kier molecular flexibility index (Phi) is 6.65. The number of amides is 2. The van der Waals surface area contributed by atoms with Crippen molar-refractivity contribution >= 4 is 11.8 Å². The van der Waals surface area contributed by atoms with Crippen molar-refractivity contribution in [2.75, 3.05) is 46.9 Å². The average molecular weight is 438 g/mol. The number of hydrogen-bond donors (Lipinski definition) is 0.